The van der Waals surface area contributed by atoms with Crippen molar-refractivity contribution in [2.75, 3.05) is 31.6 Å². The van der Waals surface area contributed by atoms with E-state index in [9.17, 15) is 4.79 Å². The maximum atomic E-state index is 12.3. The molecule has 19 heavy (non-hydrogen) atoms. The van der Waals surface area contributed by atoms with E-state index >= 15 is 0 Å². The lowest BCUT2D eigenvalue weighted by Gasteiger charge is -2.29. The third-order valence-corrected chi connectivity index (χ3v) is 3.58. The first-order valence-electron chi connectivity index (χ1n) is 6.78. The lowest BCUT2D eigenvalue weighted by molar-refractivity contribution is -0.135. The highest BCUT2D eigenvalue weighted by Gasteiger charge is 2.22. The number of carbonyl (C=O) groups excluding carboxylic acids is 1. The molecule has 1 fully saturated rings. The summed E-state index contributed by atoms with van der Waals surface area (Å²) in [5.41, 5.74) is 3.49. The SMILES string of the molecule is Cc1ccc(NC(C)C(=O)N2CCOCC2)cc1C. The summed E-state index contributed by atoms with van der Waals surface area (Å²) in [6, 6.07) is 5.97. The fourth-order valence-electron chi connectivity index (χ4n) is 2.20. The fraction of sp³-hybridized carbons (Fsp3) is 0.533. The van der Waals surface area contributed by atoms with Gasteiger partial charge in [-0.2, -0.15) is 0 Å². The van der Waals surface area contributed by atoms with Gasteiger partial charge < -0.3 is 15.0 Å². The van der Waals surface area contributed by atoms with Crippen LogP contribution >= 0.6 is 0 Å². The summed E-state index contributed by atoms with van der Waals surface area (Å²) in [5.74, 6) is 0.140. The molecule has 4 heteroatoms. The van der Waals surface area contributed by atoms with Gasteiger partial charge in [-0.1, -0.05) is 6.07 Å². The van der Waals surface area contributed by atoms with Crippen LogP contribution in [0.3, 0.4) is 0 Å². The first kappa shape index (κ1) is 13.9. The Hall–Kier alpha value is -1.55. The van der Waals surface area contributed by atoms with Crippen molar-refractivity contribution in [3.8, 4) is 0 Å². The Labute approximate surface area is 114 Å². The summed E-state index contributed by atoms with van der Waals surface area (Å²) < 4.78 is 5.26. The maximum Gasteiger partial charge on any atom is 0.244 e. The van der Waals surface area contributed by atoms with Crippen LogP contribution in [-0.2, 0) is 9.53 Å². The van der Waals surface area contributed by atoms with Crippen LogP contribution in [0.1, 0.15) is 18.1 Å². The van der Waals surface area contributed by atoms with E-state index in [1.807, 2.05) is 17.9 Å². The summed E-state index contributed by atoms with van der Waals surface area (Å²) in [5, 5.41) is 3.27. The van der Waals surface area contributed by atoms with Gasteiger partial charge in [0.2, 0.25) is 5.91 Å². The highest BCUT2D eigenvalue weighted by molar-refractivity contribution is 5.84. The number of nitrogens with one attached hydrogen (secondary N) is 1. The lowest BCUT2D eigenvalue weighted by atomic mass is 10.1. The predicted molar refractivity (Wildman–Crippen MR) is 76.4 cm³/mol. The van der Waals surface area contributed by atoms with Crippen LogP contribution in [-0.4, -0.2) is 43.2 Å². The van der Waals surface area contributed by atoms with Gasteiger partial charge in [-0.05, 0) is 44.0 Å². The summed E-state index contributed by atoms with van der Waals surface area (Å²) in [7, 11) is 0. The minimum atomic E-state index is -0.208. The van der Waals surface area contributed by atoms with Crippen molar-refractivity contribution in [1.29, 1.82) is 0 Å². The average molecular weight is 262 g/mol. The molecule has 1 aromatic carbocycles. The van der Waals surface area contributed by atoms with Gasteiger partial charge in [-0.15, -0.1) is 0 Å². The molecule has 0 aromatic heterocycles. The molecule has 1 N–H and O–H groups in total. The maximum absolute atomic E-state index is 12.3. The lowest BCUT2D eigenvalue weighted by Crippen LogP contribution is -2.47. The Kier molecular flexibility index (Phi) is 4.43. The molecule has 2 rings (SSSR count). The molecule has 104 valence electrons. The Balaban J connectivity index is 1.97. The number of nitrogens with zero attached hydrogens (tertiary/aromatic N) is 1. The number of carbonyl (C=O) groups is 1. The van der Waals surface area contributed by atoms with Crippen molar-refractivity contribution in [2.45, 2.75) is 26.8 Å². The van der Waals surface area contributed by atoms with Crippen molar-refractivity contribution < 1.29 is 9.53 Å². The van der Waals surface area contributed by atoms with Crippen molar-refractivity contribution >= 4 is 11.6 Å². The molecule has 0 spiro atoms. The molecule has 0 saturated carbocycles. The van der Waals surface area contributed by atoms with Gasteiger partial charge in [-0.25, -0.2) is 0 Å². The summed E-state index contributed by atoms with van der Waals surface area (Å²) in [6.07, 6.45) is 0. The largest absolute Gasteiger partial charge is 0.378 e. The third kappa shape index (κ3) is 3.47. The van der Waals surface area contributed by atoms with Crippen LogP contribution in [0.4, 0.5) is 5.69 Å². The van der Waals surface area contributed by atoms with Crippen LogP contribution in [0.25, 0.3) is 0 Å². The molecule has 1 atom stereocenters. The number of amides is 1. The Morgan fingerprint density at radius 2 is 1.95 bits per heavy atom. The topological polar surface area (TPSA) is 41.6 Å². The second-order valence-electron chi connectivity index (χ2n) is 5.10. The molecular weight excluding hydrogens is 240 g/mol. The third-order valence-electron chi connectivity index (χ3n) is 3.58. The molecule has 0 aliphatic carbocycles. The van der Waals surface area contributed by atoms with Crippen molar-refractivity contribution in [2.24, 2.45) is 0 Å². The van der Waals surface area contributed by atoms with E-state index in [0.29, 0.717) is 26.3 Å². The van der Waals surface area contributed by atoms with Crippen molar-refractivity contribution in [3.05, 3.63) is 29.3 Å². The standard InChI is InChI=1S/C15H22N2O2/c1-11-4-5-14(10-12(11)2)16-13(3)15(18)17-6-8-19-9-7-17/h4-5,10,13,16H,6-9H2,1-3H3. The van der Waals surface area contributed by atoms with Gasteiger partial charge in [0.05, 0.1) is 13.2 Å². The summed E-state index contributed by atoms with van der Waals surface area (Å²) >= 11 is 0. The first-order chi connectivity index (χ1) is 9.08. The molecule has 1 aromatic rings. The molecule has 1 heterocycles. The Morgan fingerprint density at radius 3 is 2.58 bits per heavy atom. The van der Waals surface area contributed by atoms with E-state index in [0.717, 1.165) is 5.69 Å². The number of anilines is 1. The molecule has 1 aliphatic heterocycles. The fourth-order valence-corrected chi connectivity index (χ4v) is 2.20. The van der Waals surface area contributed by atoms with E-state index in [2.05, 4.69) is 31.3 Å². The number of hydrogen-bond acceptors (Lipinski definition) is 3. The normalized spacial score (nSPS) is 17.1. The van der Waals surface area contributed by atoms with Crippen molar-refractivity contribution in [1.82, 2.24) is 4.90 Å². The van der Waals surface area contributed by atoms with E-state index < -0.39 is 0 Å². The Bertz CT molecular complexity index is 453. The minimum Gasteiger partial charge on any atom is -0.378 e. The molecule has 0 bridgehead atoms. The number of aryl methyl sites for hydroxylation is 2. The zero-order valence-electron chi connectivity index (χ0n) is 11.9. The number of morpholine rings is 1. The quantitative estimate of drug-likeness (QED) is 0.905. The number of rotatable bonds is 3. The van der Waals surface area contributed by atoms with E-state index in [1.165, 1.54) is 11.1 Å². The molecule has 1 unspecified atom stereocenters. The molecule has 1 saturated heterocycles. The average Bonchev–Trinajstić information content (AvgIpc) is 2.43. The molecular formula is C15H22N2O2. The molecule has 1 amide bonds. The van der Waals surface area contributed by atoms with Crippen LogP contribution in [0.2, 0.25) is 0 Å². The van der Waals surface area contributed by atoms with Gasteiger partial charge in [0, 0.05) is 18.8 Å². The van der Waals surface area contributed by atoms with Gasteiger partial charge >= 0.3 is 0 Å². The van der Waals surface area contributed by atoms with Crippen LogP contribution in [0.5, 0.6) is 0 Å². The highest BCUT2D eigenvalue weighted by atomic mass is 16.5. The highest BCUT2D eigenvalue weighted by Crippen LogP contribution is 2.15. The first-order valence-corrected chi connectivity index (χ1v) is 6.78. The van der Waals surface area contributed by atoms with Gasteiger partial charge in [-0.3, -0.25) is 4.79 Å². The minimum absolute atomic E-state index is 0.140. The second kappa shape index (κ2) is 6.06. The number of benzene rings is 1. The van der Waals surface area contributed by atoms with E-state index in [1.54, 1.807) is 0 Å². The van der Waals surface area contributed by atoms with Gasteiger partial charge in [0.15, 0.2) is 0 Å². The molecule has 4 nitrogen and oxygen atoms in total. The van der Waals surface area contributed by atoms with Crippen LogP contribution in [0.15, 0.2) is 18.2 Å². The zero-order chi connectivity index (χ0) is 13.8. The smallest absolute Gasteiger partial charge is 0.244 e. The number of ether oxygens (including phenoxy) is 1. The monoisotopic (exact) mass is 262 g/mol. The van der Waals surface area contributed by atoms with Crippen LogP contribution < -0.4 is 5.32 Å². The second-order valence-corrected chi connectivity index (χ2v) is 5.10. The van der Waals surface area contributed by atoms with E-state index in [-0.39, 0.29) is 11.9 Å². The van der Waals surface area contributed by atoms with Crippen LogP contribution in [0, 0.1) is 13.8 Å². The predicted octanol–water partition coefficient (Wildman–Crippen LogP) is 1.96. The van der Waals surface area contributed by atoms with E-state index in [4.69, 9.17) is 4.74 Å². The van der Waals surface area contributed by atoms with Crippen molar-refractivity contribution in [3.63, 3.8) is 0 Å². The van der Waals surface area contributed by atoms with Gasteiger partial charge in [0.1, 0.15) is 6.04 Å². The number of hydrogen-bond donors (Lipinski definition) is 1. The van der Waals surface area contributed by atoms with Gasteiger partial charge in [0.25, 0.3) is 0 Å². The summed E-state index contributed by atoms with van der Waals surface area (Å²) in [4.78, 5) is 14.1. The molecule has 0 radical (unpaired) electrons. The zero-order valence-corrected chi connectivity index (χ0v) is 11.9. The molecule has 1 aliphatic rings. The summed E-state index contributed by atoms with van der Waals surface area (Å²) in [6.45, 7) is 8.74. The Morgan fingerprint density at radius 1 is 1.26 bits per heavy atom.